The zero-order chi connectivity index (χ0) is 46.7. The minimum absolute atomic E-state index is 0.00623. The van der Waals surface area contributed by atoms with Crippen LogP contribution in [0.1, 0.15) is 80.3 Å². The molecule has 0 spiro atoms. The predicted molar refractivity (Wildman–Crippen MR) is 246 cm³/mol. The summed E-state index contributed by atoms with van der Waals surface area (Å²) >= 11 is 0. The molecule has 3 heterocycles. The zero-order valence-corrected chi connectivity index (χ0v) is 36.7. The quantitative estimate of drug-likeness (QED) is 0.0567. The maximum atomic E-state index is 13.3. The van der Waals surface area contributed by atoms with Crippen LogP contribution in [0.4, 0.5) is 32.5 Å². The van der Waals surface area contributed by atoms with Crippen LogP contribution in [0.25, 0.3) is 6.08 Å². The zero-order valence-electron chi connectivity index (χ0n) is 36.7. The largest absolute Gasteiger partial charge is 0.445 e. The van der Waals surface area contributed by atoms with E-state index in [0.29, 0.717) is 97.0 Å². The Morgan fingerprint density at radius 2 is 1.68 bits per heavy atom. The van der Waals surface area contributed by atoms with Crippen LogP contribution < -0.4 is 48.3 Å². The highest BCUT2D eigenvalue weighted by Gasteiger charge is 2.25. The summed E-state index contributed by atoms with van der Waals surface area (Å²) < 4.78 is 5.46. The van der Waals surface area contributed by atoms with Gasteiger partial charge in [0, 0.05) is 67.6 Å². The molecule has 1 atom stereocenters. The molecule has 2 aliphatic rings. The Bertz CT molecular complexity index is 2220. The first kappa shape index (κ1) is 48.5. The molecule has 3 aromatic rings. The number of nitrogens with two attached hydrogens (primary N) is 2. The lowest BCUT2D eigenvalue weighted by atomic mass is 10.0. The Morgan fingerprint density at radius 3 is 2.34 bits per heavy atom. The number of alkyl carbamates (subject to hydrolysis) is 1. The average Bonchev–Trinajstić information content (AvgIpc) is 3.46. The number of fused-ring (bicyclic) bond motifs is 1. The highest BCUT2D eigenvalue weighted by molar-refractivity contribution is 6.08. The monoisotopic (exact) mass is 894 g/mol. The molecule has 65 heavy (non-hydrogen) atoms. The number of hydrogen-bond donors (Lipinski definition) is 8. The lowest BCUT2D eigenvalue weighted by Crippen LogP contribution is -2.47. The second-order valence-electron chi connectivity index (χ2n) is 15.6. The fourth-order valence-electron chi connectivity index (χ4n) is 7.27. The van der Waals surface area contributed by atoms with E-state index in [-0.39, 0.29) is 50.4 Å². The third-order valence-corrected chi connectivity index (χ3v) is 10.5. The number of amides is 8. The van der Waals surface area contributed by atoms with Crippen molar-refractivity contribution in [1.29, 1.82) is 0 Å². The van der Waals surface area contributed by atoms with Crippen LogP contribution in [0.15, 0.2) is 71.4 Å². The lowest BCUT2D eigenvalue weighted by molar-refractivity contribution is -0.127. The van der Waals surface area contributed by atoms with Crippen molar-refractivity contribution in [2.24, 2.45) is 16.5 Å². The Balaban J connectivity index is 1.05. The summed E-state index contributed by atoms with van der Waals surface area (Å²) in [4.78, 5) is 99.0. The van der Waals surface area contributed by atoms with Crippen molar-refractivity contribution in [1.82, 2.24) is 31.2 Å². The number of aliphatic imine (C=N–C) groups is 1. The Hall–Kier alpha value is -7.51. The van der Waals surface area contributed by atoms with Crippen LogP contribution in [-0.4, -0.2) is 109 Å². The molecule has 0 saturated carbocycles. The van der Waals surface area contributed by atoms with E-state index in [0.717, 1.165) is 18.7 Å². The number of aromatic nitrogens is 1. The molecule has 0 aliphatic carbocycles. The van der Waals surface area contributed by atoms with Crippen LogP contribution in [0, 0.1) is 0 Å². The number of benzene rings is 2. The number of amidine groups is 1. The van der Waals surface area contributed by atoms with Crippen molar-refractivity contribution in [2.75, 3.05) is 54.8 Å². The molecule has 2 aromatic carbocycles. The number of nitrogens with one attached hydrogen (secondary N) is 6. The average molecular weight is 895 g/mol. The minimum atomic E-state index is -0.948. The van der Waals surface area contributed by atoms with Gasteiger partial charge in [0.25, 0.3) is 5.91 Å². The van der Waals surface area contributed by atoms with Gasteiger partial charge < -0.3 is 57.9 Å². The molecular weight excluding hydrogens is 837 g/mol. The Kier molecular flexibility index (Phi) is 18.2. The van der Waals surface area contributed by atoms with Crippen LogP contribution in [-0.2, 0) is 30.5 Å². The smallest absolute Gasteiger partial charge is 0.407 e. The molecule has 346 valence electrons. The van der Waals surface area contributed by atoms with Gasteiger partial charge in [-0.2, -0.15) is 0 Å². The van der Waals surface area contributed by atoms with E-state index in [1.165, 1.54) is 0 Å². The highest BCUT2D eigenvalue weighted by atomic mass is 16.5. The summed E-state index contributed by atoms with van der Waals surface area (Å²) in [5.41, 5.74) is 15.1. The van der Waals surface area contributed by atoms with Gasteiger partial charge in [0.1, 0.15) is 24.3 Å². The third kappa shape index (κ3) is 15.1. The maximum absolute atomic E-state index is 13.3. The molecule has 1 saturated heterocycles. The van der Waals surface area contributed by atoms with Gasteiger partial charge in [-0.3, -0.25) is 24.0 Å². The molecular formula is C45H58N12O8. The summed E-state index contributed by atoms with van der Waals surface area (Å²) in [6.45, 7) is 6.57. The molecule has 10 N–H and O–H groups in total. The van der Waals surface area contributed by atoms with E-state index in [2.05, 4.69) is 46.8 Å². The first-order valence-corrected chi connectivity index (χ1v) is 21.7. The number of carbonyl (C=O) groups is 7. The molecule has 8 amide bonds. The van der Waals surface area contributed by atoms with Crippen LogP contribution in [0.5, 0.6) is 0 Å². The molecule has 1 unspecified atom stereocenters. The van der Waals surface area contributed by atoms with Gasteiger partial charge in [-0.15, -0.1) is 0 Å². The van der Waals surface area contributed by atoms with E-state index in [4.69, 9.17) is 16.2 Å². The number of rotatable bonds is 21. The second kappa shape index (κ2) is 24.4. The molecule has 1 fully saturated rings. The normalized spacial score (nSPS) is 13.9. The van der Waals surface area contributed by atoms with Crippen molar-refractivity contribution in [3.05, 3.63) is 83.1 Å². The van der Waals surface area contributed by atoms with Crippen LogP contribution in [0.3, 0.4) is 0 Å². The molecule has 0 radical (unpaired) electrons. The predicted octanol–water partition coefficient (Wildman–Crippen LogP) is 3.27. The van der Waals surface area contributed by atoms with E-state index >= 15 is 0 Å². The molecule has 2 aliphatic heterocycles. The second-order valence-corrected chi connectivity index (χ2v) is 15.6. The van der Waals surface area contributed by atoms with Gasteiger partial charge in [-0.1, -0.05) is 32.0 Å². The molecule has 5 rings (SSSR count). The molecule has 0 bridgehead atoms. The molecule has 20 nitrogen and oxygen atoms in total. The summed E-state index contributed by atoms with van der Waals surface area (Å²) in [5.74, 6) is -0.428. The number of piperidine rings is 1. The number of primary amides is 1. The summed E-state index contributed by atoms with van der Waals surface area (Å²) in [6, 6.07) is 13.6. The highest BCUT2D eigenvalue weighted by Crippen LogP contribution is 2.29. The van der Waals surface area contributed by atoms with E-state index in [1.807, 2.05) is 30.9 Å². The van der Waals surface area contributed by atoms with Gasteiger partial charge in [-0.25, -0.2) is 19.6 Å². The minimum Gasteiger partial charge on any atom is -0.445 e. The van der Waals surface area contributed by atoms with E-state index < -0.39 is 30.0 Å². The number of ether oxygens (including phenoxy) is 1. The first-order chi connectivity index (χ1) is 31.3. The lowest BCUT2D eigenvalue weighted by Gasteiger charge is -2.33. The van der Waals surface area contributed by atoms with Crippen molar-refractivity contribution in [2.45, 2.75) is 77.5 Å². The van der Waals surface area contributed by atoms with Gasteiger partial charge >= 0.3 is 12.1 Å². The van der Waals surface area contributed by atoms with E-state index in [9.17, 15) is 33.6 Å². The molecule has 1 aromatic heterocycles. The van der Waals surface area contributed by atoms with Gasteiger partial charge in [0.2, 0.25) is 24.1 Å². The molecule has 20 heteroatoms. The number of carbonyl (C=O) groups excluding carboxylic acids is 7. The van der Waals surface area contributed by atoms with Crippen molar-refractivity contribution < 1.29 is 38.3 Å². The summed E-state index contributed by atoms with van der Waals surface area (Å²) in [7, 11) is 0. The van der Waals surface area contributed by atoms with E-state index in [1.54, 1.807) is 54.7 Å². The first-order valence-electron chi connectivity index (χ1n) is 21.7. The third-order valence-electron chi connectivity index (χ3n) is 10.5. The van der Waals surface area contributed by atoms with Gasteiger partial charge in [-0.05, 0) is 86.6 Å². The standard InChI is InChI=1S/C45H58N12O8/c1-3-18-57(19-4-2)43(62)32-22-30-9-10-31(23-37(30)54-38(46)24-32)41(60)52-35-13-14-39(50-25-35)56-20-15-34(16-21-56)53-45(64)65-27-29-7-11-33(12-8-29)51-42(61)36(6-5-17-49-44(47)63)55-40(59)26-48-28-58/h7-14,22-23,25,28,34,36H,3-6,15-21,24,26-27H2,1-2H3,(H2,46,54)(H,48,58)(H,51,61)(H,52,60)(H,53,64)(H,55,59)(H3,47,49,63). The van der Waals surface area contributed by atoms with Crippen molar-refractivity contribution in [3.63, 3.8) is 0 Å². The fraction of sp³-hybridized carbons (Fsp3) is 0.400. The van der Waals surface area contributed by atoms with Crippen molar-refractivity contribution in [3.8, 4) is 0 Å². The summed E-state index contributed by atoms with van der Waals surface area (Å²) in [5, 5.41) is 15.8. The van der Waals surface area contributed by atoms with Crippen molar-refractivity contribution >= 4 is 77.0 Å². The number of nitrogens with zero attached hydrogens (tertiary/aromatic N) is 4. The SMILES string of the molecule is CCCN(CCC)C(=O)C1=Cc2ccc(C(=O)Nc3ccc(N4CCC(NC(=O)OCc5ccc(NC(=O)C(CCCNC(N)=O)NC(=O)CNC=O)cc5)CC4)nc3)cc2N=C(N)C1. The van der Waals surface area contributed by atoms with Crippen LogP contribution >= 0.6 is 0 Å². The Labute approximate surface area is 377 Å². The number of anilines is 3. The number of hydrogen-bond acceptors (Lipinski definition) is 12. The topological polar surface area (TPSA) is 285 Å². The Morgan fingerprint density at radius 1 is 0.954 bits per heavy atom. The van der Waals surface area contributed by atoms with Gasteiger partial charge in [0.15, 0.2) is 0 Å². The maximum Gasteiger partial charge on any atom is 0.407 e. The fourth-order valence-corrected chi connectivity index (χ4v) is 7.27. The summed E-state index contributed by atoms with van der Waals surface area (Å²) in [6.07, 6.45) is 7.01. The van der Waals surface area contributed by atoms with Crippen LogP contribution in [0.2, 0.25) is 0 Å². The number of pyridine rings is 1. The number of urea groups is 1. The van der Waals surface area contributed by atoms with Gasteiger partial charge in [0.05, 0.1) is 24.1 Å².